The van der Waals surface area contributed by atoms with Crippen LogP contribution in [0.3, 0.4) is 0 Å². The van der Waals surface area contributed by atoms with Crippen molar-refractivity contribution in [2.24, 2.45) is 0 Å². The third-order valence-electron chi connectivity index (χ3n) is 3.40. The molecule has 0 spiro atoms. The van der Waals surface area contributed by atoms with Crippen LogP contribution in [0.5, 0.6) is 0 Å². The van der Waals surface area contributed by atoms with E-state index in [2.05, 4.69) is 17.1 Å². The van der Waals surface area contributed by atoms with Crippen molar-refractivity contribution >= 4 is 0 Å². The maximum atomic E-state index is 12.9. The Bertz CT molecular complexity index is 207. The van der Waals surface area contributed by atoms with Crippen LogP contribution in [0, 0.1) is 0 Å². The van der Waals surface area contributed by atoms with E-state index in [1.54, 1.807) is 0 Å². The van der Waals surface area contributed by atoms with Gasteiger partial charge in [-0.05, 0) is 19.8 Å². The predicted octanol–water partition coefficient (Wildman–Crippen LogP) is 0.799. The van der Waals surface area contributed by atoms with Gasteiger partial charge in [-0.15, -0.1) is 0 Å². The molecule has 1 N–H and O–H groups in total. The van der Waals surface area contributed by atoms with Crippen molar-refractivity contribution in [3.8, 4) is 0 Å². The lowest BCUT2D eigenvalue weighted by molar-refractivity contribution is -0.0613. The van der Waals surface area contributed by atoms with Crippen molar-refractivity contribution < 1.29 is 9.13 Å². The third kappa shape index (κ3) is 3.13. The number of likely N-dealkylation sites (tertiary alicyclic amines) is 1. The fourth-order valence-electron chi connectivity index (χ4n) is 2.32. The Morgan fingerprint density at radius 1 is 1.60 bits per heavy atom. The monoisotopic (exact) mass is 216 g/mol. The quantitative estimate of drug-likeness (QED) is 0.755. The van der Waals surface area contributed by atoms with Crippen LogP contribution in [0.25, 0.3) is 0 Å². The number of halogens is 1. The van der Waals surface area contributed by atoms with Crippen LogP contribution in [0.1, 0.15) is 19.8 Å². The molecule has 0 aromatic heterocycles. The van der Waals surface area contributed by atoms with Gasteiger partial charge in [0.2, 0.25) is 0 Å². The van der Waals surface area contributed by atoms with Gasteiger partial charge in [0.25, 0.3) is 0 Å². The standard InChI is InChI=1S/C11H21FN2O/c1-11(9-13-4-7-15-11)3-6-14-5-2-10(12)8-14/h10,13H,2-9H2,1H3/t10-,11+/m0/s1. The molecule has 3 nitrogen and oxygen atoms in total. The van der Waals surface area contributed by atoms with Crippen LogP contribution in [-0.4, -0.2) is 56.0 Å². The van der Waals surface area contributed by atoms with Crippen molar-refractivity contribution in [3.63, 3.8) is 0 Å². The summed E-state index contributed by atoms with van der Waals surface area (Å²) in [7, 11) is 0. The second-order valence-corrected chi connectivity index (χ2v) is 4.91. The van der Waals surface area contributed by atoms with Gasteiger partial charge in [0, 0.05) is 32.7 Å². The molecule has 0 aliphatic carbocycles. The molecule has 0 unspecified atom stereocenters. The number of nitrogens with one attached hydrogen (secondary N) is 1. The first-order chi connectivity index (χ1) is 7.18. The summed E-state index contributed by atoms with van der Waals surface area (Å²) in [5.74, 6) is 0. The summed E-state index contributed by atoms with van der Waals surface area (Å²) in [4.78, 5) is 2.20. The van der Waals surface area contributed by atoms with E-state index in [0.29, 0.717) is 13.0 Å². The predicted molar refractivity (Wildman–Crippen MR) is 57.8 cm³/mol. The van der Waals surface area contributed by atoms with Gasteiger partial charge in [0.05, 0.1) is 12.2 Å². The lowest BCUT2D eigenvalue weighted by atomic mass is 10.0. The molecule has 2 fully saturated rings. The maximum absolute atomic E-state index is 12.9. The Morgan fingerprint density at radius 3 is 3.07 bits per heavy atom. The zero-order valence-corrected chi connectivity index (χ0v) is 9.47. The molecule has 4 heteroatoms. The average molecular weight is 216 g/mol. The van der Waals surface area contributed by atoms with Gasteiger partial charge < -0.3 is 15.0 Å². The highest BCUT2D eigenvalue weighted by Crippen LogP contribution is 2.20. The zero-order valence-electron chi connectivity index (χ0n) is 9.47. The number of alkyl halides is 1. The van der Waals surface area contributed by atoms with Crippen molar-refractivity contribution in [1.82, 2.24) is 10.2 Å². The first-order valence-electron chi connectivity index (χ1n) is 5.89. The lowest BCUT2D eigenvalue weighted by Gasteiger charge is -2.35. The van der Waals surface area contributed by atoms with Crippen LogP contribution in [-0.2, 0) is 4.74 Å². The number of hydrogen-bond acceptors (Lipinski definition) is 3. The van der Waals surface area contributed by atoms with Gasteiger partial charge in [-0.1, -0.05) is 0 Å². The molecular formula is C11H21FN2O. The first kappa shape index (κ1) is 11.3. The molecule has 88 valence electrons. The molecule has 0 amide bonds. The minimum atomic E-state index is -0.608. The topological polar surface area (TPSA) is 24.5 Å². The molecule has 2 atom stereocenters. The van der Waals surface area contributed by atoms with E-state index in [9.17, 15) is 4.39 Å². The highest BCUT2D eigenvalue weighted by molar-refractivity contribution is 4.84. The molecule has 0 radical (unpaired) electrons. The zero-order chi connectivity index (χ0) is 10.7. The van der Waals surface area contributed by atoms with Gasteiger partial charge in [0.1, 0.15) is 6.17 Å². The smallest absolute Gasteiger partial charge is 0.114 e. The SMILES string of the molecule is C[C@@]1(CCN2CC[C@H](F)C2)CNCCO1. The van der Waals surface area contributed by atoms with Crippen molar-refractivity contribution in [1.29, 1.82) is 0 Å². The largest absolute Gasteiger partial charge is 0.373 e. The Labute approximate surface area is 91.0 Å². The number of morpholine rings is 1. The number of hydrogen-bond donors (Lipinski definition) is 1. The molecule has 0 aromatic carbocycles. The third-order valence-corrected chi connectivity index (χ3v) is 3.40. The average Bonchev–Trinajstić information content (AvgIpc) is 2.63. The summed E-state index contributed by atoms with van der Waals surface area (Å²) >= 11 is 0. The van der Waals surface area contributed by atoms with E-state index in [-0.39, 0.29) is 5.60 Å². The summed E-state index contributed by atoms with van der Waals surface area (Å²) < 4.78 is 18.7. The normalized spacial score (nSPS) is 38.4. The Morgan fingerprint density at radius 2 is 2.47 bits per heavy atom. The van der Waals surface area contributed by atoms with Gasteiger partial charge in [-0.2, -0.15) is 0 Å². The summed E-state index contributed by atoms with van der Waals surface area (Å²) in [5, 5.41) is 3.34. The second-order valence-electron chi connectivity index (χ2n) is 4.91. The molecule has 0 saturated carbocycles. The summed E-state index contributed by atoms with van der Waals surface area (Å²) in [5.41, 5.74) is -0.0490. The lowest BCUT2D eigenvalue weighted by Crippen LogP contribution is -2.49. The number of nitrogens with zero attached hydrogens (tertiary/aromatic N) is 1. The van der Waals surface area contributed by atoms with Crippen LogP contribution >= 0.6 is 0 Å². The van der Waals surface area contributed by atoms with Crippen molar-refractivity contribution in [2.45, 2.75) is 31.5 Å². The minimum Gasteiger partial charge on any atom is -0.373 e. The molecule has 2 saturated heterocycles. The molecule has 15 heavy (non-hydrogen) atoms. The van der Waals surface area contributed by atoms with E-state index in [1.165, 1.54) is 0 Å². The highest BCUT2D eigenvalue weighted by Gasteiger charge is 2.29. The molecule has 0 bridgehead atoms. The van der Waals surface area contributed by atoms with Crippen LogP contribution in [0.2, 0.25) is 0 Å². The van der Waals surface area contributed by atoms with E-state index in [0.717, 1.165) is 39.2 Å². The second kappa shape index (κ2) is 4.76. The van der Waals surface area contributed by atoms with Crippen LogP contribution < -0.4 is 5.32 Å². The molecule has 0 aromatic rings. The summed E-state index contributed by atoms with van der Waals surface area (Å²) in [6.07, 6.45) is 1.09. The number of ether oxygens (including phenoxy) is 1. The maximum Gasteiger partial charge on any atom is 0.114 e. The Hall–Kier alpha value is -0.190. The van der Waals surface area contributed by atoms with Crippen LogP contribution in [0.15, 0.2) is 0 Å². The Balaban J connectivity index is 1.72. The van der Waals surface area contributed by atoms with Gasteiger partial charge in [-0.25, -0.2) is 4.39 Å². The van der Waals surface area contributed by atoms with E-state index < -0.39 is 6.17 Å². The molecular weight excluding hydrogens is 195 g/mol. The Kier molecular flexibility index (Phi) is 3.59. The minimum absolute atomic E-state index is 0.0490. The summed E-state index contributed by atoms with van der Waals surface area (Å²) in [6.45, 7) is 7.28. The molecule has 2 heterocycles. The summed E-state index contributed by atoms with van der Waals surface area (Å²) in [6, 6.07) is 0. The fraction of sp³-hybridized carbons (Fsp3) is 1.00. The van der Waals surface area contributed by atoms with Crippen LogP contribution in [0.4, 0.5) is 4.39 Å². The van der Waals surface area contributed by atoms with Gasteiger partial charge in [0.15, 0.2) is 0 Å². The molecule has 2 rings (SSSR count). The highest BCUT2D eigenvalue weighted by atomic mass is 19.1. The van der Waals surface area contributed by atoms with E-state index in [1.807, 2.05) is 0 Å². The van der Waals surface area contributed by atoms with E-state index >= 15 is 0 Å². The van der Waals surface area contributed by atoms with E-state index in [4.69, 9.17) is 4.74 Å². The van der Waals surface area contributed by atoms with Crippen molar-refractivity contribution in [2.75, 3.05) is 39.3 Å². The fourth-order valence-corrected chi connectivity index (χ4v) is 2.32. The molecule has 2 aliphatic rings. The number of rotatable bonds is 3. The van der Waals surface area contributed by atoms with Gasteiger partial charge in [-0.3, -0.25) is 0 Å². The van der Waals surface area contributed by atoms with Crippen molar-refractivity contribution in [3.05, 3.63) is 0 Å². The molecule has 2 aliphatic heterocycles. The first-order valence-corrected chi connectivity index (χ1v) is 5.89. The van der Waals surface area contributed by atoms with Gasteiger partial charge >= 0.3 is 0 Å².